The molecule has 0 saturated heterocycles. The van der Waals surface area contributed by atoms with Gasteiger partial charge in [-0.2, -0.15) is 0 Å². The summed E-state index contributed by atoms with van der Waals surface area (Å²) in [7, 11) is 0. The van der Waals surface area contributed by atoms with E-state index in [0.717, 1.165) is 17.2 Å². The molecule has 0 aromatic heterocycles. The first-order chi connectivity index (χ1) is 7.09. The molecule has 1 rings (SSSR count). The molecule has 2 heteroatoms. The molecule has 1 nitrogen and oxygen atoms in total. The average molecular weight is 224 g/mol. The summed E-state index contributed by atoms with van der Waals surface area (Å²) in [5.74, 6) is 1.92. The molecule has 0 bridgehead atoms. The fourth-order valence-electron chi connectivity index (χ4n) is 1.28. The van der Waals surface area contributed by atoms with Gasteiger partial charge in [0.25, 0.3) is 0 Å². The van der Waals surface area contributed by atoms with Gasteiger partial charge < -0.3 is 5.11 Å². The first-order valence-corrected chi connectivity index (χ1v) is 6.49. The van der Waals surface area contributed by atoms with E-state index in [-0.39, 0.29) is 6.10 Å². The van der Waals surface area contributed by atoms with Crippen molar-refractivity contribution >= 4 is 11.8 Å². The number of hydrogen-bond acceptors (Lipinski definition) is 2. The predicted molar refractivity (Wildman–Crippen MR) is 67.3 cm³/mol. The minimum atomic E-state index is -0.365. The standard InChI is InChI=1S/C13H20OS/c1-10(2)7-8-15-13-6-4-5-12(9-13)11(3)14/h4-6,9-11,14H,7-8H2,1-3H3. The molecule has 0 aliphatic carbocycles. The summed E-state index contributed by atoms with van der Waals surface area (Å²) in [5.41, 5.74) is 1.00. The van der Waals surface area contributed by atoms with E-state index < -0.39 is 0 Å². The lowest BCUT2D eigenvalue weighted by Crippen LogP contribution is -1.92. The molecule has 1 N–H and O–H groups in total. The third kappa shape index (κ3) is 4.72. The van der Waals surface area contributed by atoms with Crippen molar-refractivity contribution in [3.05, 3.63) is 29.8 Å². The lowest BCUT2D eigenvalue weighted by molar-refractivity contribution is 0.199. The molecule has 1 aromatic rings. The first kappa shape index (κ1) is 12.6. The summed E-state index contributed by atoms with van der Waals surface area (Å²) < 4.78 is 0. The zero-order valence-electron chi connectivity index (χ0n) is 9.73. The van der Waals surface area contributed by atoms with Crippen molar-refractivity contribution in [2.24, 2.45) is 5.92 Å². The van der Waals surface area contributed by atoms with Crippen molar-refractivity contribution in [1.29, 1.82) is 0 Å². The van der Waals surface area contributed by atoms with Crippen molar-refractivity contribution in [3.8, 4) is 0 Å². The Balaban J connectivity index is 2.50. The summed E-state index contributed by atoms with van der Waals surface area (Å²) in [6, 6.07) is 8.17. The molecule has 0 fully saturated rings. The van der Waals surface area contributed by atoms with E-state index in [1.165, 1.54) is 11.3 Å². The maximum absolute atomic E-state index is 9.45. The Morgan fingerprint density at radius 3 is 2.60 bits per heavy atom. The van der Waals surface area contributed by atoms with Gasteiger partial charge in [0.05, 0.1) is 6.10 Å². The molecule has 0 saturated carbocycles. The molecule has 0 aliphatic rings. The van der Waals surface area contributed by atoms with E-state index in [1.807, 2.05) is 23.9 Å². The molecule has 1 atom stereocenters. The maximum atomic E-state index is 9.45. The van der Waals surface area contributed by atoms with Gasteiger partial charge in [-0.3, -0.25) is 0 Å². The van der Waals surface area contributed by atoms with Gasteiger partial charge in [0.1, 0.15) is 0 Å². The van der Waals surface area contributed by atoms with Crippen LogP contribution < -0.4 is 0 Å². The summed E-state index contributed by atoms with van der Waals surface area (Å²) in [5, 5.41) is 9.45. The highest BCUT2D eigenvalue weighted by molar-refractivity contribution is 7.99. The van der Waals surface area contributed by atoms with Crippen molar-refractivity contribution in [2.45, 2.75) is 38.2 Å². The second-order valence-electron chi connectivity index (χ2n) is 4.28. The Morgan fingerprint density at radius 1 is 1.27 bits per heavy atom. The Morgan fingerprint density at radius 2 is 2.00 bits per heavy atom. The number of rotatable bonds is 5. The van der Waals surface area contributed by atoms with Crippen LogP contribution in [0, 0.1) is 5.92 Å². The minimum Gasteiger partial charge on any atom is -0.389 e. The summed E-state index contributed by atoms with van der Waals surface area (Å²) in [4.78, 5) is 1.26. The van der Waals surface area contributed by atoms with Crippen molar-refractivity contribution in [1.82, 2.24) is 0 Å². The maximum Gasteiger partial charge on any atom is 0.0762 e. The molecule has 0 aliphatic heterocycles. The summed E-state index contributed by atoms with van der Waals surface area (Å²) in [6.45, 7) is 6.29. The van der Waals surface area contributed by atoms with Crippen molar-refractivity contribution < 1.29 is 5.11 Å². The van der Waals surface area contributed by atoms with Gasteiger partial charge in [-0.05, 0) is 42.7 Å². The zero-order valence-corrected chi connectivity index (χ0v) is 10.6. The SMILES string of the molecule is CC(C)CCSc1cccc(C(C)O)c1. The second kappa shape index (κ2) is 6.19. The minimum absolute atomic E-state index is 0.365. The van der Waals surface area contributed by atoms with Crippen LogP contribution in [0.5, 0.6) is 0 Å². The van der Waals surface area contributed by atoms with Crippen LogP contribution in [0.25, 0.3) is 0 Å². The van der Waals surface area contributed by atoms with Gasteiger partial charge in [0.15, 0.2) is 0 Å². The highest BCUT2D eigenvalue weighted by Gasteiger charge is 2.02. The Bertz CT molecular complexity index is 294. The normalized spacial score (nSPS) is 13.1. The van der Waals surface area contributed by atoms with Crippen LogP contribution in [0.4, 0.5) is 0 Å². The zero-order chi connectivity index (χ0) is 11.3. The van der Waals surface area contributed by atoms with Gasteiger partial charge in [0.2, 0.25) is 0 Å². The number of hydrogen-bond donors (Lipinski definition) is 1. The van der Waals surface area contributed by atoms with Crippen LogP contribution in [0.15, 0.2) is 29.2 Å². The second-order valence-corrected chi connectivity index (χ2v) is 5.45. The first-order valence-electron chi connectivity index (χ1n) is 5.50. The molecule has 84 valence electrons. The van der Waals surface area contributed by atoms with Crippen LogP contribution in [-0.4, -0.2) is 10.9 Å². The predicted octanol–water partition coefficient (Wildman–Crippen LogP) is 3.88. The van der Waals surface area contributed by atoms with Crippen LogP contribution in [0.2, 0.25) is 0 Å². The quantitative estimate of drug-likeness (QED) is 0.766. The third-order valence-electron chi connectivity index (χ3n) is 2.30. The molecular formula is C13H20OS. The Hall–Kier alpha value is -0.470. The van der Waals surface area contributed by atoms with E-state index in [4.69, 9.17) is 0 Å². The van der Waals surface area contributed by atoms with Crippen molar-refractivity contribution in [3.63, 3.8) is 0 Å². The van der Waals surface area contributed by atoms with Gasteiger partial charge in [0, 0.05) is 4.90 Å². The topological polar surface area (TPSA) is 20.2 Å². The fourth-order valence-corrected chi connectivity index (χ4v) is 2.50. The number of benzene rings is 1. The Labute approximate surface area is 96.9 Å². The monoisotopic (exact) mass is 224 g/mol. The van der Waals surface area contributed by atoms with Gasteiger partial charge in [-0.15, -0.1) is 11.8 Å². The lowest BCUT2D eigenvalue weighted by atomic mass is 10.1. The number of aliphatic hydroxyl groups excluding tert-OH is 1. The third-order valence-corrected chi connectivity index (χ3v) is 3.33. The Kier molecular flexibility index (Phi) is 5.20. The number of aliphatic hydroxyl groups is 1. The summed E-state index contributed by atoms with van der Waals surface area (Å²) >= 11 is 1.87. The van der Waals surface area contributed by atoms with Gasteiger partial charge >= 0.3 is 0 Å². The lowest BCUT2D eigenvalue weighted by Gasteiger charge is -2.08. The van der Waals surface area contributed by atoms with Crippen LogP contribution in [0.3, 0.4) is 0 Å². The van der Waals surface area contributed by atoms with E-state index >= 15 is 0 Å². The fraction of sp³-hybridized carbons (Fsp3) is 0.538. The average Bonchev–Trinajstić information content (AvgIpc) is 2.17. The van der Waals surface area contributed by atoms with Crippen LogP contribution >= 0.6 is 11.8 Å². The highest BCUT2D eigenvalue weighted by Crippen LogP contribution is 2.23. The molecule has 0 heterocycles. The summed E-state index contributed by atoms with van der Waals surface area (Å²) in [6.07, 6.45) is 0.875. The van der Waals surface area contributed by atoms with Crippen LogP contribution in [0.1, 0.15) is 38.9 Å². The van der Waals surface area contributed by atoms with Crippen LogP contribution in [-0.2, 0) is 0 Å². The smallest absolute Gasteiger partial charge is 0.0762 e. The van der Waals surface area contributed by atoms with E-state index in [2.05, 4.69) is 26.0 Å². The molecule has 0 spiro atoms. The van der Waals surface area contributed by atoms with E-state index in [1.54, 1.807) is 6.92 Å². The van der Waals surface area contributed by atoms with E-state index in [0.29, 0.717) is 0 Å². The molecule has 0 radical (unpaired) electrons. The largest absolute Gasteiger partial charge is 0.389 e. The van der Waals surface area contributed by atoms with Gasteiger partial charge in [-0.1, -0.05) is 26.0 Å². The molecule has 1 aromatic carbocycles. The van der Waals surface area contributed by atoms with Gasteiger partial charge in [-0.25, -0.2) is 0 Å². The molecule has 1 unspecified atom stereocenters. The van der Waals surface area contributed by atoms with Crippen molar-refractivity contribution in [2.75, 3.05) is 5.75 Å². The molecule has 15 heavy (non-hydrogen) atoms. The van der Waals surface area contributed by atoms with E-state index in [9.17, 15) is 5.11 Å². The molecular weight excluding hydrogens is 204 g/mol. The molecule has 0 amide bonds. The number of thioether (sulfide) groups is 1. The highest BCUT2D eigenvalue weighted by atomic mass is 32.2.